The molecule has 11 nitrogen and oxygen atoms in total. The van der Waals surface area contributed by atoms with Gasteiger partial charge in [-0.25, -0.2) is 14.6 Å². The van der Waals surface area contributed by atoms with Crippen LogP contribution < -0.4 is 10.1 Å². The average molecular weight is 487 g/mol. The summed E-state index contributed by atoms with van der Waals surface area (Å²) in [4.78, 5) is 29.0. The second-order valence-corrected chi connectivity index (χ2v) is 8.66. The molecule has 0 unspecified atom stereocenters. The lowest BCUT2D eigenvalue weighted by Gasteiger charge is -2.27. The Morgan fingerprint density at radius 3 is 2.78 bits per heavy atom. The van der Waals surface area contributed by atoms with Crippen molar-refractivity contribution in [3.05, 3.63) is 60.7 Å². The number of aliphatic carboxylic acids is 1. The number of carboxylic acids is 1. The van der Waals surface area contributed by atoms with E-state index >= 15 is 0 Å². The van der Waals surface area contributed by atoms with Crippen LogP contribution in [-0.2, 0) is 18.4 Å². The van der Waals surface area contributed by atoms with E-state index in [0.29, 0.717) is 42.5 Å². The molecule has 0 bridgehead atoms. The highest BCUT2D eigenvalue weighted by atomic mass is 16.5. The molecule has 184 valence electrons. The topological polar surface area (TPSA) is 141 Å². The largest absolute Gasteiger partial charge is 0.489 e. The fourth-order valence-electron chi connectivity index (χ4n) is 4.30. The van der Waals surface area contributed by atoms with Gasteiger partial charge in [0.1, 0.15) is 11.4 Å². The van der Waals surface area contributed by atoms with E-state index in [2.05, 4.69) is 35.6 Å². The van der Waals surface area contributed by atoms with Gasteiger partial charge in [0.25, 0.3) is 0 Å². The van der Waals surface area contributed by atoms with Crippen molar-refractivity contribution in [2.75, 3.05) is 5.32 Å². The molecular formula is C25H26N8O3. The highest BCUT2D eigenvalue weighted by molar-refractivity contribution is 5.70. The molecule has 0 aromatic carbocycles. The minimum atomic E-state index is -0.755. The maximum Gasteiger partial charge on any atom is 0.306 e. The zero-order valence-corrected chi connectivity index (χ0v) is 19.8. The number of pyridine rings is 2. The fraction of sp³-hybridized carbons (Fsp3) is 0.320. The molecule has 0 aliphatic heterocycles. The van der Waals surface area contributed by atoms with Gasteiger partial charge < -0.3 is 15.2 Å². The number of carbonyl (C=O) groups is 1. The summed E-state index contributed by atoms with van der Waals surface area (Å²) in [6, 6.07) is 11.1. The summed E-state index contributed by atoms with van der Waals surface area (Å²) in [5, 5.41) is 21.0. The first-order chi connectivity index (χ1) is 17.6. The molecule has 11 heteroatoms. The van der Waals surface area contributed by atoms with Crippen LogP contribution in [0.2, 0.25) is 0 Å². The molecule has 0 saturated heterocycles. The third kappa shape index (κ3) is 5.29. The summed E-state index contributed by atoms with van der Waals surface area (Å²) in [5.41, 5.74) is 3.61. The molecule has 4 aromatic rings. The third-order valence-corrected chi connectivity index (χ3v) is 6.20. The molecule has 36 heavy (non-hydrogen) atoms. The molecule has 0 amide bonds. The predicted molar refractivity (Wildman–Crippen MR) is 131 cm³/mol. The third-order valence-electron chi connectivity index (χ3n) is 6.20. The van der Waals surface area contributed by atoms with Gasteiger partial charge >= 0.3 is 5.97 Å². The van der Waals surface area contributed by atoms with Gasteiger partial charge in [0.2, 0.25) is 5.95 Å². The smallest absolute Gasteiger partial charge is 0.306 e. The molecule has 2 N–H and O–H groups in total. The number of nitrogens with one attached hydrogen (secondary N) is 1. The van der Waals surface area contributed by atoms with E-state index in [9.17, 15) is 9.90 Å². The first-order valence-electron chi connectivity index (χ1n) is 11.8. The SMILES string of the molecule is Cn1nnc(-c2ccc(O[C@H]3CCC[C@H](C(=O)O)C3)cn2)c1CNc1nccc(-c2ccccn2)n1. The fourth-order valence-corrected chi connectivity index (χ4v) is 4.30. The maximum atomic E-state index is 11.3. The van der Waals surface area contributed by atoms with Gasteiger partial charge in [0, 0.05) is 19.4 Å². The van der Waals surface area contributed by atoms with Crippen LogP contribution in [0.5, 0.6) is 5.75 Å². The Kier molecular flexibility index (Phi) is 6.78. The number of hydrogen-bond acceptors (Lipinski definition) is 9. The summed E-state index contributed by atoms with van der Waals surface area (Å²) in [6.07, 6.45) is 7.84. The first kappa shape index (κ1) is 23.3. The summed E-state index contributed by atoms with van der Waals surface area (Å²) < 4.78 is 7.70. The van der Waals surface area contributed by atoms with Crippen LogP contribution in [0.4, 0.5) is 5.95 Å². The van der Waals surface area contributed by atoms with Crippen molar-refractivity contribution in [2.24, 2.45) is 13.0 Å². The molecule has 1 saturated carbocycles. The molecule has 0 radical (unpaired) electrons. The van der Waals surface area contributed by atoms with Crippen molar-refractivity contribution >= 4 is 11.9 Å². The number of rotatable bonds is 8. The predicted octanol–water partition coefficient (Wildman–Crippen LogP) is 3.36. The van der Waals surface area contributed by atoms with Crippen LogP contribution >= 0.6 is 0 Å². The summed E-state index contributed by atoms with van der Waals surface area (Å²) in [6.45, 7) is 0.392. The number of anilines is 1. The Bertz CT molecular complexity index is 1330. The van der Waals surface area contributed by atoms with Gasteiger partial charge in [0.15, 0.2) is 0 Å². The van der Waals surface area contributed by atoms with E-state index in [4.69, 9.17) is 4.74 Å². The number of aryl methyl sites for hydroxylation is 1. The van der Waals surface area contributed by atoms with Crippen LogP contribution in [0.15, 0.2) is 55.0 Å². The zero-order chi connectivity index (χ0) is 24.9. The Balaban J connectivity index is 1.26. The normalized spacial score (nSPS) is 17.5. The number of carboxylic acid groups (broad SMARTS) is 1. The molecule has 0 spiro atoms. The van der Waals surface area contributed by atoms with Gasteiger partial charge in [-0.05, 0) is 56.0 Å². The summed E-state index contributed by atoms with van der Waals surface area (Å²) in [7, 11) is 1.82. The van der Waals surface area contributed by atoms with Crippen molar-refractivity contribution < 1.29 is 14.6 Å². The highest BCUT2D eigenvalue weighted by Gasteiger charge is 2.28. The summed E-state index contributed by atoms with van der Waals surface area (Å²) >= 11 is 0. The van der Waals surface area contributed by atoms with E-state index in [-0.39, 0.29) is 12.0 Å². The second-order valence-electron chi connectivity index (χ2n) is 8.66. The number of nitrogens with zero attached hydrogens (tertiary/aromatic N) is 7. The van der Waals surface area contributed by atoms with Gasteiger partial charge in [-0.2, -0.15) is 0 Å². The van der Waals surface area contributed by atoms with Gasteiger partial charge in [-0.3, -0.25) is 14.8 Å². The van der Waals surface area contributed by atoms with Crippen LogP contribution in [0.25, 0.3) is 22.8 Å². The van der Waals surface area contributed by atoms with E-state index < -0.39 is 5.97 Å². The monoisotopic (exact) mass is 486 g/mol. The quantitative estimate of drug-likeness (QED) is 0.381. The van der Waals surface area contributed by atoms with Crippen LogP contribution in [-0.4, -0.2) is 52.1 Å². The number of hydrogen-bond donors (Lipinski definition) is 2. The Labute approximate surface area is 207 Å². The average Bonchev–Trinajstić information content (AvgIpc) is 3.29. The zero-order valence-electron chi connectivity index (χ0n) is 19.8. The molecule has 5 rings (SSSR count). The standard InChI is InChI=1S/C25H26N8O3/c1-33-22(15-29-25-27-12-10-20(30-25)19-7-2-3-11-26-19)23(31-32-33)21-9-8-18(14-28-21)36-17-6-4-5-16(13-17)24(34)35/h2-3,7-12,14,16-17H,4-6,13,15H2,1H3,(H,34,35)(H,27,29,30)/t16-,17-/m0/s1. The Morgan fingerprint density at radius 2 is 2.00 bits per heavy atom. The Morgan fingerprint density at radius 1 is 1.08 bits per heavy atom. The van der Waals surface area contributed by atoms with Crippen molar-refractivity contribution in [1.29, 1.82) is 0 Å². The molecule has 1 aliphatic carbocycles. The minimum absolute atomic E-state index is 0.120. The van der Waals surface area contributed by atoms with Crippen molar-refractivity contribution in [1.82, 2.24) is 34.9 Å². The molecule has 4 heterocycles. The van der Waals surface area contributed by atoms with Crippen molar-refractivity contribution in [3.63, 3.8) is 0 Å². The highest BCUT2D eigenvalue weighted by Crippen LogP contribution is 2.29. The van der Waals surface area contributed by atoms with Crippen LogP contribution in [0.3, 0.4) is 0 Å². The summed E-state index contributed by atoms with van der Waals surface area (Å²) in [5.74, 6) is -0.0269. The van der Waals surface area contributed by atoms with E-state index in [1.165, 1.54) is 0 Å². The van der Waals surface area contributed by atoms with Crippen LogP contribution in [0, 0.1) is 5.92 Å². The minimum Gasteiger partial charge on any atom is -0.489 e. The molecule has 1 fully saturated rings. The molecule has 1 aliphatic rings. The first-order valence-corrected chi connectivity index (χ1v) is 11.8. The Hall–Kier alpha value is -4.41. The lowest BCUT2D eigenvalue weighted by atomic mass is 9.87. The van der Waals surface area contributed by atoms with Gasteiger partial charge in [-0.15, -0.1) is 5.10 Å². The van der Waals surface area contributed by atoms with Gasteiger partial charge in [0.05, 0.1) is 47.5 Å². The lowest BCUT2D eigenvalue weighted by Crippen LogP contribution is -2.29. The molecule has 2 atom stereocenters. The van der Waals surface area contributed by atoms with E-state index in [1.807, 2.05) is 43.4 Å². The molecule has 4 aromatic heterocycles. The van der Waals surface area contributed by atoms with Gasteiger partial charge in [-0.1, -0.05) is 11.3 Å². The van der Waals surface area contributed by atoms with Crippen LogP contribution in [0.1, 0.15) is 31.4 Å². The number of ether oxygens (including phenoxy) is 1. The van der Waals surface area contributed by atoms with E-state index in [1.54, 1.807) is 23.3 Å². The second kappa shape index (κ2) is 10.5. The maximum absolute atomic E-state index is 11.3. The lowest BCUT2D eigenvalue weighted by molar-refractivity contribution is -0.143. The van der Waals surface area contributed by atoms with Crippen molar-refractivity contribution in [2.45, 2.75) is 38.3 Å². The van der Waals surface area contributed by atoms with Crippen molar-refractivity contribution in [3.8, 4) is 28.5 Å². The molecular weight excluding hydrogens is 460 g/mol. The number of aromatic nitrogens is 7. The van der Waals surface area contributed by atoms with E-state index in [0.717, 1.165) is 29.9 Å².